The molecule has 0 radical (unpaired) electrons. The van der Waals surface area contributed by atoms with Gasteiger partial charge < -0.3 is 0 Å². The highest BCUT2D eigenvalue weighted by molar-refractivity contribution is 5.08. The molecule has 2 rings (SSSR count). The minimum absolute atomic E-state index is 0.0190. The SMILES string of the molecule is CC(c1ncn[nH]1)C1CC1(F)F. The number of H-pyrrole nitrogens is 1. The van der Waals surface area contributed by atoms with Gasteiger partial charge in [0.2, 0.25) is 0 Å². The van der Waals surface area contributed by atoms with Gasteiger partial charge >= 0.3 is 0 Å². The molecule has 2 unspecified atom stereocenters. The Hall–Kier alpha value is -1.00. The Labute approximate surface area is 68.2 Å². The van der Waals surface area contributed by atoms with Crippen LogP contribution in [-0.4, -0.2) is 21.1 Å². The van der Waals surface area contributed by atoms with Crippen LogP contribution in [-0.2, 0) is 0 Å². The molecule has 1 aromatic heterocycles. The second kappa shape index (κ2) is 2.24. The molecule has 5 heteroatoms. The van der Waals surface area contributed by atoms with Crippen LogP contribution in [0.3, 0.4) is 0 Å². The van der Waals surface area contributed by atoms with Gasteiger partial charge in [-0.15, -0.1) is 0 Å². The van der Waals surface area contributed by atoms with Crippen molar-refractivity contribution in [2.24, 2.45) is 5.92 Å². The molecule has 1 N–H and O–H groups in total. The second-order valence-electron chi connectivity index (χ2n) is 3.23. The van der Waals surface area contributed by atoms with Crippen molar-refractivity contribution in [1.29, 1.82) is 0 Å². The summed E-state index contributed by atoms with van der Waals surface area (Å²) in [5.41, 5.74) is 0. The van der Waals surface area contributed by atoms with E-state index in [-0.39, 0.29) is 12.3 Å². The average molecular weight is 173 g/mol. The zero-order valence-electron chi connectivity index (χ0n) is 6.59. The van der Waals surface area contributed by atoms with E-state index < -0.39 is 11.8 Å². The summed E-state index contributed by atoms with van der Waals surface area (Å²) in [6.07, 6.45) is 1.32. The lowest BCUT2D eigenvalue weighted by molar-refractivity contribution is 0.0934. The van der Waals surface area contributed by atoms with Crippen LogP contribution in [0.2, 0.25) is 0 Å². The highest BCUT2D eigenvalue weighted by atomic mass is 19.3. The Morgan fingerprint density at radius 3 is 2.83 bits per heavy atom. The lowest BCUT2D eigenvalue weighted by atomic mass is 10.1. The van der Waals surface area contributed by atoms with Crippen LogP contribution in [0.5, 0.6) is 0 Å². The zero-order chi connectivity index (χ0) is 8.77. The third-order valence-electron chi connectivity index (χ3n) is 2.34. The molecule has 0 aromatic carbocycles. The van der Waals surface area contributed by atoms with Crippen LogP contribution in [0, 0.1) is 5.92 Å². The van der Waals surface area contributed by atoms with E-state index in [4.69, 9.17) is 0 Å². The maximum Gasteiger partial charge on any atom is 0.252 e. The van der Waals surface area contributed by atoms with E-state index >= 15 is 0 Å². The van der Waals surface area contributed by atoms with Crippen molar-refractivity contribution in [3.63, 3.8) is 0 Å². The van der Waals surface area contributed by atoms with Gasteiger partial charge in [-0.25, -0.2) is 13.8 Å². The maximum atomic E-state index is 12.6. The van der Waals surface area contributed by atoms with Crippen LogP contribution in [0.1, 0.15) is 25.1 Å². The smallest absolute Gasteiger partial charge is 0.252 e. The number of hydrogen-bond donors (Lipinski definition) is 1. The third-order valence-corrected chi connectivity index (χ3v) is 2.34. The fourth-order valence-corrected chi connectivity index (χ4v) is 1.40. The first-order valence-corrected chi connectivity index (χ1v) is 3.84. The maximum absolute atomic E-state index is 12.6. The van der Waals surface area contributed by atoms with Crippen molar-refractivity contribution in [3.05, 3.63) is 12.2 Å². The first kappa shape index (κ1) is 7.64. The van der Waals surface area contributed by atoms with Crippen molar-refractivity contribution in [1.82, 2.24) is 15.2 Å². The predicted molar refractivity (Wildman–Crippen MR) is 37.9 cm³/mol. The summed E-state index contributed by atoms with van der Waals surface area (Å²) in [5, 5.41) is 6.22. The van der Waals surface area contributed by atoms with E-state index in [2.05, 4.69) is 15.2 Å². The molecule has 1 aliphatic rings. The molecule has 0 saturated heterocycles. The Kier molecular flexibility index (Phi) is 1.43. The number of alkyl halides is 2. The standard InChI is InChI=1S/C7H9F2N3/c1-4(5-2-7(5,8)9)6-10-3-11-12-6/h3-5H,2H2,1H3,(H,10,11,12). The number of aromatic nitrogens is 3. The van der Waals surface area contributed by atoms with Crippen molar-refractivity contribution in [2.75, 3.05) is 0 Å². The Morgan fingerprint density at radius 1 is 1.75 bits per heavy atom. The Bertz CT molecular complexity index is 270. The molecule has 2 atom stereocenters. The van der Waals surface area contributed by atoms with E-state index in [1.807, 2.05) is 0 Å². The largest absolute Gasteiger partial charge is 0.263 e. The average Bonchev–Trinajstić information content (AvgIpc) is 2.56. The molecule has 1 heterocycles. The minimum atomic E-state index is -2.48. The van der Waals surface area contributed by atoms with Gasteiger partial charge in [-0.3, -0.25) is 5.10 Å². The molecular weight excluding hydrogens is 164 g/mol. The van der Waals surface area contributed by atoms with Crippen LogP contribution in [0.4, 0.5) is 8.78 Å². The molecule has 0 amide bonds. The molecule has 0 bridgehead atoms. The Morgan fingerprint density at radius 2 is 2.42 bits per heavy atom. The number of hydrogen-bond acceptors (Lipinski definition) is 2. The van der Waals surface area contributed by atoms with Crippen LogP contribution >= 0.6 is 0 Å². The molecule has 0 spiro atoms. The molecule has 1 fully saturated rings. The molecule has 1 saturated carbocycles. The summed E-state index contributed by atoms with van der Waals surface area (Å²) >= 11 is 0. The van der Waals surface area contributed by atoms with Crippen molar-refractivity contribution in [3.8, 4) is 0 Å². The third kappa shape index (κ3) is 1.09. The summed E-state index contributed by atoms with van der Waals surface area (Å²) in [4.78, 5) is 3.84. The fraction of sp³-hybridized carbons (Fsp3) is 0.714. The number of rotatable bonds is 2. The highest BCUT2D eigenvalue weighted by Gasteiger charge is 2.59. The number of aromatic amines is 1. The molecule has 0 aliphatic heterocycles. The number of nitrogens with zero attached hydrogens (tertiary/aromatic N) is 2. The second-order valence-corrected chi connectivity index (χ2v) is 3.23. The van der Waals surface area contributed by atoms with Gasteiger partial charge in [0.1, 0.15) is 12.2 Å². The van der Waals surface area contributed by atoms with Gasteiger partial charge in [-0.1, -0.05) is 6.92 Å². The van der Waals surface area contributed by atoms with Gasteiger partial charge in [-0.2, -0.15) is 5.10 Å². The first-order chi connectivity index (χ1) is 5.61. The number of nitrogens with one attached hydrogen (secondary N) is 1. The van der Waals surface area contributed by atoms with Crippen LogP contribution < -0.4 is 0 Å². The van der Waals surface area contributed by atoms with Gasteiger partial charge in [0.25, 0.3) is 5.92 Å². The van der Waals surface area contributed by atoms with E-state index in [1.165, 1.54) is 6.33 Å². The molecule has 1 aromatic rings. The summed E-state index contributed by atoms with van der Waals surface area (Å²) in [6.45, 7) is 1.74. The molecular formula is C7H9F2N3. The highest BCUT2D eigenvalue weighted by Crippen LogP contribution is 2.55. The lowest BCUT2D eigenvalue weighted by Crippen LogP contribution is -2.05. The monoisotopic (exact) mass is 173 g/mol. The van der Waals surface area contributed by atoms with E-state index in [9.17, 15) is 8.78 Å². The molecule has 1 aliphatic carbocycles. The zero-order valence-corrected chi connectivity index (χ0v) is 6.59. The van der Waals surface area contributed by atoms with Gasteiger partial charge in [0.15, 0.2) is 0 Å². The minimum Gasteiger partial charge on any atom is -0.263 e. The number of halogens is 2. The molecule has 12 heavy (non-hydrogen) atoms. The Balaban J connectivity index is 2.08. The summed E-state index contributed by atoms with van der Waals surface area (Å²) in [5.74, 6) is -2.70. The molecule has 3 nitrogen and oxygen atoms in total. The quantitative estimate of drug-likeness (QED) is 0.737. The fourth-order valence-electron chi connectivity index (χ4n) is 1.40. The molecule has 66 valence electrons. The van der Waals surface area contributed by atoms with Gasteiger partial charge in [0, 0.05) is 18.3 Å². The van der Waals surface area contributed by atoms with Gasteiger partial charge in [0.05, 0.1) is 0 Å². The van der Waals surface area contributed by atoms with Gasteiger partial charge in [-0.05, 0) is 0 Å². The van der Waals surface area contributed by atoms with Crippen molar-refractivity contribution in [2.45, 2.75) is 25.2 Å². The van der Waals surface area contributed by atoms with E-state index in [1.54, 1.807) is 6.92 Å². The summed E-state index contributed by atoms with van der Waals surface area (Å²) < 4.78 is 25.2. The van der Waals surface area contributed by atoms with Crippen molar-refractivity contribution >= 4 is 0 Å². The first-order valence-electron chi connectivity index (χ1n) is 3.84. The normalized spacial score (nSPS) is 28.4. The predicted octanol–water partition coefficient (Wildman–Crippen LogP) is 1.56. The summed E-state index contributed by atoms with van der Waals surface area (Å²) in [7, 11) is 0. The van der Waals surface area contributed by atoms with Crippen LogP contribution in [0.25, 0.3) is 0 Å². The van der Waals surface area contributed by atoms with Crippen LogP contribution in [0.15, 0.2) is 6.33 Å². The van der Waals surface area contributed by atoms with E-state index in [0.717, 1.165) is 0 Å². The van der Waals surface area contributed by atoms with Crippen molar-refractivity contribution < 1.29 is 8.78 Å². The summed E-state index contributed by atoms with van der Waals surface area (Å²) in [6, 6.07) is 0. The topological polar surface area (TPSA) is 41.6 Å². The van der Waals surface area contributed by atoms with E-state index in [0.29, 0.717) is 5.82 Å². The lowest BCUT2D eigenvalue weighted by Gasteiger charge is -2.04.